The maximum atomic E-state index is 12.2. The molecule has 2 N–H and O–H groups in total. The zero-order valence-electron chi connectivity index (χ0n) is 14.4. The Bertz CT molecular complexity index is 858. The van der Waals surface area contributed by atoms with E-state index in [1.165, 1.54) is 0 Å². The number of carbonyl (C=O) groups is 3. The third kappa shape index (κ3) is 5.44. The molecule has 8 heteroatoms. The van der Waals surface area contributed by atoms with Gasteiger partial charge in [-0.3, -0.25) is 14.4 Å². The van der Waals surface area contributed by atoms with Crippen LogP contribution in [0.1, 0.15) is 30.1 Å². The molecule has 1 heterocycles. The highest BCUT2D eigenvalue weighted by atomic mass is 16.5. The number of aromatic nitrogens is 1. The summed E-state index contributed by atoms with van der Waals surface area (Å²) < 4.78 is 9.75. The Hall–Kier alpha value is -3.16. The van der Waals surface area contributed by atoms with Gasteiger partial charge in [0, 0.05) is 29.9 Å². The molecule has 0 saturated carbocycles. The van der Waals surface area contributed by atoms with Crippen LogP contribution in [0.25, 0.3) is 10.9 Å². The molecule has 138 valence electrons. The van der Waals surface area contributed by atoms with Crippen molar-refractivity contribution in [1.29, 1.82) is 0 Å². The molecule has 8 nitrogen and oxygen atoms in total. The maximum Gasteiger partial charge on any atom is 0.339 e. The molecule has 0 aliphatic rings. The van der Waals surface area contributed by atoms with Crippen LogP contribution in [0.5, 0.6) is 0 Å². The van der Waals surface area contributed by atoms with Gasteiger partial charge in [-0.15, -0.1) is 0 Å². The summed E-state index contributed by atoms with van der Waals surface area (Å²) >= 11 is 0. The first-order valence-electron chi connectivity index (χ1n) is 8.22. The highest BCUT2D eigenvalue weighted by molar-refractivity contribution is 6.03. The van der Waals surface area contributed by atoms with Crippen LogP contribution in [0, 0.1) is 0 Å². The lowest BCUT2D eigenvalue weighted by Crippen LogP contribution is -2.30. The van der Waals surface area contributed by atoms with Gasteiger partial charge in [-0.1, -0.05) is 18.2 Å². The summed E-state index contributed by atoms with van der Waals surface area (Å²) in [6, 6.07) is 7.95. The SMILES string of the molecule is CCOC(=O)CCCNC(=O)COC(=O)c1cc(=O)[nH]c2ccccc12. The lowest BCUT2D eigenvalue weighted by atomic mass is 10.1. The first-order chi connectivity index (χ1) is 12.5. The van der Waals surface area contributed by atoms with Crippen LogP contribution in [-0.4, -0.2) is 42.6 Å². The Labute approximate surface area is 149 Å². The summed E-state index contributed by atoms with van der Waals surface area (Å²) in [7, 11) is 0. The average Bonchev–Trinajstić information content (AvgIpc) is 2.62. The molecule has 0 fully saturated rings. The molecule has 0 spiro atoms. The normalized spacial score (nSPS) is 10.3. The van der Waals surface area contributed by atoms with Crippen LogP contribution < -0.4 is 10.9 Å². The fourth-order valence-corrected chi connectivity index (χ4v) is 2.33. The van der Waals surface area contributed by atoms with Gasteiger partial charge in [0.05, 0.1) is 12.2 Å². The van der Waals surface area contributed by atoms with Gasteiger partial charge in [0.1, 0.15) is 0 Å². The molecule has 26 heavy (non-hydrogen) atoms. The summed E-state index contributed by atoms with van der Waals surface area (Å²) in [5.41, 5.74) is 0.175. The molecule has 0 aliphatic heterocycles. The number of rotatable bonds is 8. The number of nitrogens with one attached hydrogen (secondary N) is 2. The first kappa shape index (κ1) is 19.2. The van der Waals surface area contributed by atoms with E-state index in [-0.39, 0.29) is 24.5 Å². The molecule has 0 atom stereocenters. The van der Waals surface area contributed by atoms with Crippen LogP contribution in [0.4, 0.5) is 0 Å². The number of ether oxygens (including phenoxy) is 2. The molecule has 1 aromatic heterocycles. The molecule has 2 aromatic rings. The van der Waals surface area contributed by atoms with Crippen molar-refractivity contribution in [3.63, 3.8) is 0 Å². The van der Waals surface area contributed by atoms with E-state index in [9.17, 15) is 19.2 Å². The highest BCUT2D eigenvalue weighted by Gasteiger charge is 2.14. The number of aromatic amines is 1. The van der Waals surface area contributed by atoms with E-state index in [2.05, 4.69) is 10.3 Å². The monoisotopic (exact) mass is 360 g/mol. The second-order valence-electron chi connectivity index (χ2n) is 5.43. The minimum absolute atomic E-state index is 0.0967. The predicted octanol–water partition coefficient (Wildman–Crippen LogP) is 1.14. The van der Waals surface area contributed by atoms with E-state index in [0.29, 0.717) is 23.9 Å². The van der Waals surface area contributed by atoms with Crippen molar-refractivity contribution < 1.29 is 23.9 Å². The number of carbonyl (C=O) groups excluding carboxylic acids is 3. The van der Waals surface area contributed by atoms with Gasteiger partial charge in [0.25, 0.3) is 5.91 Å². The Balaban J connectivity index is 1.84. The zero-order valence-corrected chi connectivity index (χ0v) is 14.4. The van der Waals surface area contributed by atoms with Crippen molar-refractivity contribution in [2.24, 2.45) is 0 Å². The molecule has 0 radical (unpaired) electrons. The van der Waals surface area contributed by atoms with Crippen molar-refractivity contribution in [1.82, 2.24) is 10.3 Å². The van der Waals surface area contributed by atoms with Crippen molar-refractivity contribution in [2.75, 3.05) is 19.8 Å². The van der Waals surface area contributed by atoms with E-state index in [1.807, 2.05) is 0 Å². The molecular formula is C18H20N2O6. The van der Waals surface area contributed by atoms with E-state index in [4.69, 9.17) is 9.47 Å². The molecule has 2 rings (SSSR count). The number of fused-ring (bicyclic) bond motifs is 1. The van der Waals surface area contributed by atoms with Gasteiger partial charge in [-0.25, -0.2) is 4.79 Å². The fourth-order valence-electron chi connectivity index (χ4n) is 2.33. The molecule has 0 bridgehead atoms. The van der Waals surface area contributed by atoms with Crippen molar-refractivity contribution in [3.05, 3.63) is 46.2 Å². The van der Waals surface area contributed by atoms with Crippen LogP contribution in [0.2, 0.25) is 0 Å². The standard InChI is InChI=1S/C18H20N2O6/c1-2-25-17(23)8-5-9-19-16(22)11-26-18(24)13-10-15(21)20-14-7-4-3-6-12(13)14/h3-4,6-7,10H,2,5,8-9,11H2,1H3,(H,19,22)(H,20,21). The summed E-state index contributed by atoms with van der Waals surface area (Å²) in [6.07, 6.45) is 0.629. The number of para-hydroxylation sites is 1. The third-order valence-corrected chi connectivity index (χ3v) is 3.49. The van der Waals surface area contributed by atoms with Crippen molar-refractivity contribution in [3.8, 4) is 0 Å². The third-order valence-electron chi connectivity index (χ3n) is 3.49. The predicted molar refractivity (Wildman–Crippen MR) is 93.7 cm³/mol. The first-order valence-corrected chi connectivity index (χ1v) is 8.22. The minimum Gasteiger partial charge on any atom is -0.466 e. The molecule has 0 aliphatic carbocycles. The van der Waals surface area contributed by atoms with Crippen LogP contribution in [0.3, 0.4) is 0 Å². The summed E-state index contributed by atoms with van der Waals surface area (Å²) in [5.74, 6) is -1.57. The Kier molecular flexibility index (Phi) is 6.90. The van der Waals surface area contributed by atoms with Crippen molar-refractivity contribution in [2.45, 2.75) is 19.8 Å². The number of pyridine rings is 1. The molecule has 1 amide bonds. The van der Waals surface area contributed by atoms with Gasteiger partial charge in [-0.05, 0) is 19.4 Å². The van der Waals surface area contributed by atoms with Crippen LogP contribution in [0.15, 0.2) is 35.1 Å². The van der Waals surface area contributed by atoms with Crippen LogP contribution in [-0.2, 0) is 19.1 Å². The second kappa shape index (κ2) is 9.36. The van der Waals surface area contributed by atoms with Gasteiger partial charge in [0.2, 0.25) is 5.56 Å². The van der Waals surface area contributed by atoms with Crippen LogP contribution >= 0.6 is 0 Å². The van der Waals surface area contributed by atoms with Gasteiger partial charge in [-0.2, -0.15) is 0 Å². The number of benzene rings is 1. The van der Waals surface area contributed by atoms with E-state index >= 15 is 0 Å². The minimum atomic E-state index is -0.756. The van der Waals surface area contributed by atoms with Gasteiger partial charge in [0.15, 0.2) is 6.61 Å². The number of esters is 2. The lowest BCUT2D eigenvalue weighted by Gasteiger charge is -2.08. The summed E-state index contributed by atoms with van der Waals surface area (Å²) in [5, 5.41) is 3.08. The van der Waals surface area contributed by atoms with E-state index < -0.39 is 24.0 Å². The largest absolute Gasteiger partial charge is 0.466 e. The lowest BCUT2D eigenvalue weighted by molar-refractivity contribution is -0.143. The Morgan fingerprint density at radius 1 is 1.15 bits per heavy atom. The molecule has 1 aromatic carbocycles. The number of amides is 1. The molecule has 0 unspecified atom stereocenters. The highest BCUT2D eigenvalue weighted by Crippen LogP contribution is 2.15. The molecule has 0 saturated heterocycles. The average molecular weight is 360 g/mol. The maximum absolute atomic E-state index is 12.2. The van der Waals surface area contributed by atoms with Gasteiger partial charge < -0.3 is 19.8 Å². The fraction of sp³-hybridized carbons (Fsp3) is 0.333. The number of hydrogen-bond donors (Lipinski definition) is 2. The van der Waals surface area contributed by atoms with Crippen molar-refractivity contribution >= 4 is 28.7 Å². The quantitative estimate of drug-likeness (QED) is 0.539. The number of H-pyrrole nitrogens is 1. The number of hydrogen-bond acceptors (Lipinski definition) is 6. The second-order valence-corrected chi connectivity index (χ2v) is 5.43. The topological polar surface area (TPSA) is 115 Å². The van der Waals surface area contributed by atoms with E-state index in [1.54, 1.807) is 31.2 Å². The molecular weight excluding hydrogens is 340 g/mol. The van der Waals surface area contributed by atoms with E-state index in [0.717, 1.165) is 6.07 Å². The van der Waals surface area contributed by atoms with Gasteiger partial charge >= 0.3 is 11.9 Å². The smallest absolute Gasteiger partial charge is 0.339 e. The Morgan fingerprint density at radius 3 is 2.69 bits per heavy atom. The Morgan fingerprint density at radius 2 is 1.92 bits per heavy atom. The zero-order chi connectivity index (χ0) is 18.9. The summed E-state index contributed by atoms with van der Waals surface area (Å²) in [4.78, 5) is 49.3. The summed E-state index contributed by atoms with van der Waals surface area (Å²) in [6.45, 7) is 1.83.